The van der Waals surface area contributed by atoms with Crippen LogP contribution in [0.2, 0.25) is 5.02 Å². The zero-order valence-corrected chi connectivity index (χ0v) is 11.5. The number of nitrogens with one attached hydrogen (secondary N) is 1. The second kappa shape index (κ2) is 7.28. The number of nitrogens with two attached hydrogens (primary N) is 1. The average Bonchev–Trinajstić information content (AvgIpc) is 2.34. The molecule has 1 rings (SSSR count). The minimum atomic E-state index is -0.263. The van der Waals surface area contributed by atoms with Gasteiger partial charge in [-0.3, -0.25) is 4.79 Å². The molecule has 1 aromatic rings. The molecule has 1 aromatic heterocycles. The van der Waals surface area contributed by atoms with Gasteiger partial charge in [0.2, 0.25) is 0 Å². The molecule has 0 fully saturated rings. The molecule has 0 aliphatic heterocycles. The Balaban J connectivity index is 2.69. The number of aromatic nitrogens is 2. The van der Waals surface area contributed by atoms with Gasteiger partial charge >= 0.3 is 0 Å². The molecule has 0 atom stereocenters. The summed E-state index contributed by atoms with van der Waals surface area (Å²) in [4.78, 5) is 20.2. The topological polar surface area (TPSA) is 80.9 Å². The maximum absolute atomic E-state index is 11.9. The van der Waals surface area contributed by atoms with E-state index >= 15 is 0 Å². The first-order valence-electron chi connectivity index (χ1n) is 6.07. The number of halogens is 1. The van der Waals surface area contributed by atoms with Crippen molar-refractivity contribution in [2.45, 2.75) is 32.6 Å². The van der Waals surface area contributed by atoms with Crippen LogP contribution in [0, 0.1) is 0 Å². The SMILES string of the molecule is CC(C)c1ncc(Cl)c(C(=O)NCCCCN)n1. The van der Waals surface area contributed by atoms with Gasteiger partial charge in [0.1, 0.15) is 11.5 Å². The maximum atomic E-state index is 11.9. The Morgan fingerprint density at radius 2 is 2.22 bits per heavy atom. The lowest BCUT2D eigenvalue weighted by Gasteiger charge is -2.08. The fraction of sp³-hybridized carbons (Fsp3) is 0.583. The van der Waals surface area contributed by atoms with E-state index in [-0.39, 0.29) is 22.5 Å². The molecule has 0 saturated heterocycles. The molecule has 0 radical (unpaired) electrons. The molecule has 0 bridgehead atoms. The number of rotatable bonds is 6. The third-order valence-corrected chi connectivity index (χ3v) is 2.69. The monoisotopic (exact) mass is 270 g/mol. The van der Waals surface area contributed by atoms with Crippen molar-refractivity contribution in [3.8, 4) is 0 Å². The Morgan fingerprint density at radius 1 is 1.50 bits per heavy atom. The van der Waals surface area contributed by atoms with Crippen LogP contribution >= 0.6 is 11.6 Å². The summed E-state index contributed by atoms with van der Waals surface area (Å²) in [5, 5.41) is 3.05. The summed E-state index contributed by atoms with van der Waals surface area (Å²) in [6, 6.07) is 0. The van der Waals surface area contributed by atoms with E-state index in [0.717, 1.165) is 12.8 Å². The third-order valence-electron chi connectivity index (χ3n) is 2.41. The summed E-state index contributed by atoms with van der Waals surface area (Å²) in [6.07, 6.45) is 3.20. The third kappa shape index (κ3) is 4.23. The molecular formula is C12H19ClN4O. The van der Waals surface area contributed by atoms with Crippen molar-refractivity contribution >= 4 is 17.5 Å². The van der Waals surface area contributed by atoms with Gasteiger partial charge in [0.15, 0.2) is 0 Å². The van der Waals surface area contributed by atoms with Gasteiger partial charge in [-0.1, -0.05) is 25.4 Å². The molecule has 100 valence electrons. The van der Waals surface area contributed by atoms with E-state index in [9.17, 15) is 4.79 Å². The van der Waals surface area contributed by atoms with E-state index in [4.69, 9.17) is 17.3 Å². The Hall–Kier alpha value is -1.20. The number of hydrogen-bond acceptors (Lipinski definition) is 4. The van der Waals surface area contributed by atoms with Gasteiger partial charge in [-0.25, -0.2) is 9.97 Å². The molecule has 0 aliphatic carbocycles. The molecule has 0 aromatic carbocycles. The molecule has 3 N–H and O–H groups in total. The van der Waals surface area contributed by atoms with Crippen LogP contribution in [0.4, 0.5) is 0 Å². The molecule has 0 saturated carbocycles. The Morgan fingerprint density at radius 3 is 2.83 bits per heavy atom. The Kier molecular flexibility index (Phi) is 6.01. The predicted octanol–water partition coefficient (Wildman–Crippen LogP) is 1.72. The van der Waals surface area contributed by atoms with Gasteiger partial charge in [0.05, 0.1) is 11.2 Å². The highest BCUT2D eigenvalue weighted by atomic mass is 35.5. The average molecular weight is 271 g/mol. The predicted molar refractivity (Wildman–Crippen MR) is 71.8 cm³/mol. The molecular weight excluding hydrogens is 252 g/mol. The van der Waals surface area contributed by atoms with Crippen LogP contribution in [0.25, 0.3) is 0 Å². The van der Waals surface area contributed by atoms with Crippen LogP contribution in [-0.4, -0.2) is 29.0 Å². The van der Waals surface area contributed by atoms with Crippen LogP contribution in [0.1, 0.15) is 48.9 Å². The summed E-state index contributed by atoms with van der Waals surface area (Å²) in [5.41, 5.74) is 5.62. The smallest absolute Gasteiger partial charge is 0.271 e. The normalized spacial score (nSPS) is 10.7. The van der Waals surface area contributed by atoms with Gasteiger partial charge in [-0.15, -0.1) is 0 Å². The number of nitrogens with zero attached hydrogens (tertiary/aromatic N) is 2. The van der Waals surface area contributed by atoms with E-state index < -0.39 is 0 Å². The van der Waals surface area contributed by atoms with Gasteiger partial charge in [0.25, 0.3) is 5.91 Å². The van der Waals surface area contributed by atoms with E-state index in [1.54, 1.807) is 0 Å². The molecule has 0 unspecified atom stereocenters. The lowest BCUT2D eigenvalue weighted by Crippen LogP contribution is -2.26. The quantitative estimate of drug-likeness (QED) is 0.772. The second-order valence-corrected chi connectivity index (χ2v) is 4.74. The lowest BCUT2D eigenvalue weighted by molar-refractivity contribution is 0.0947. The number of hydrogen-bond donors (Lipinski definition) is 2. The summed E-state index contributed by atoms with van der Waals surface area (Å²) in [6.45, 7) is 5.13. The van der Waals surface area contributed by atoms with Crippen molar-refractivity contribution in [3.05, 3.63) is 22.7 Å². The minimum Gasteiger partial charge on any atom is -0.351 e. The summed E-state index contributed by atoms with van der Waals surface area (Å²) >= 11 is 5.93. The van der Waals surface area contributed by atoms with Crippen LogP contribution in [0.3, 0.4) is 0 Å². The zero-order valence-electron chi connectivity index (χ0n) is 10.7. The number of unbranched alkanes of at least 4 members (excludes halogenated alkanes) is 1. The van der Waals surface area contributed by atoms with Crippen molar-refractivity contribution in [1.29, 1.82) is 0 Å². The molecule has 18 heavy (non-hydrogen) atoms. The van der Waals surface area contributed by atoms with Crippen molar-refractivity contribution in [1.82, 2.24) is 15.3 Å². The number of carbonyl (C=O) groups excluding carboxylic acids is 1. The van der Waals surface area contributed by atoms with E-state index in [0.29, 0.717) is 18.9 Å². The highest BCUT2D eigenvalue weighted by molar-refractivity contribution is 6.33. The van der Waals surface area contributed by atoms with Crippen molar-refractivity contribution < 1.29 is 4.79 Å². The van der Waals surface area contributed by atoms with E-state index in [2.05, 4.69) is 15.3 Å². The fourth-order valence-electron chi connectivity index (χ4n) is 1.37. The Labute approximate surface area is 112 Å². The Bertz CT molecular complexity index is 409. The summed E-state index contributed by atoms with van der Waals surface area (Å²) in [5.74, 6) is 0.513. The number of carbonyl (C=O) groups is 1. The first-order chi connectivity index (χ1) is 8.56. The first kappa shape index (κ1) is 14.9. The fourth-order valence-corrected chi connectivity index (χ4v) is 1.55. The molecule has 6 heteroatoms. The zero-order chi connectivity index (χ0) is 13.5. The van der Waals surface area contributed by atoms with E-state index in [1.165, 1.54) is 6.20 Å². The van der Waals surface area contributed by atoms with Crippen LogP contribution < -0.4 is 11.1 Å². The summed E-state index contributed by atoms with van der Waals surface area (Å²) in [7, 11) is 0. The van der Waals surface area contributed by atoms with Gasteiger partial charge in [-0.2, -0.15) is 0 Å². The van der Waals surface area contributed by atoms with Crippen molar-refractivity contribution in [2.24, 2.45) is 5.73 Å². The van der Waals surface area contributed by atoms with E-state index in [1.807, 2.05) is 13.8 Å². The summed E-state index contributed by atoms with van der Waals surface area (Å²) < 4.78 is 0. The van der Waals surface area contributed by atoms with Crippen LogP contribution in [-0.2, 0) is 0 Å². The maximum Gasteiger partial charge on any atom is 0.271 e. The molecule has 0 spiro atoms. The molecule has 1 heterocycles. The minimum absolute atomic E-state index is 0.158. The first-order valence-corrected chi connectivity index (χ1v) is 6.44. The molecule has 5 nitrogen and oxygen atoms in total. The second-order valence-electron chi connectivity index (χ2n) is 4.33. The van der Waals surface area contributed by atoms with Crippen LogP contribution in [0.15, 0.2) is 6.20 Å². The van der Waals surface area contributed by atoms with Gasteiger partial charge in [0, 0.05) is 12.5 Å². The van der Waals surface area contributed by atoms with Crippen molar-refractivity contribution in [2.75, 3.05) is 13.1 Å². The van der Waals surface area contributed by atoms with Crippen molar-refractivity contribution in [3.63, 3.8) is 0 Å². The number of amides is 1. The van der Waals surface area contributed by atoms with Gasteiger partial charge < -0.3 is 11.1 Å². The lowest BCUT2D eigenvalue weighted by atomic mass is 10.2. The van der Waals surface area contributed by atoms with Crippen LogP contribution in [0.5, 0.6) is 0 Å². The molecule has 1 amide bonds. The largest absolute Gasteiger partial charge is 0.351 e. The molecule has 0 aliphatic rings. The standard InChI is InChI=1S/C12H19ClN4O/c1-8(2)11-16-7-9(13)10(17-11)12(18)15-6-4-3-5-14/h7-8H,3-6,14H2,1-2H3,(H,15,18). The highest BCUT2D eigenvalue weighted by Crippen LogP contribution is 2.16. The van der Waals surface area contributed by atoms with Gasteiger partial charge in [-0.05, 0) is 19.4 Å². The highest BCUT2D eigenvalue weighted by Gasteiger charge is 2.14.